The van der Waals surface area contributed by atoms with E-state index in [0.29, 0.717) is 19.5 Å². The molecule has 8 heteroatoms. The fourth-order valence-electron chi connectivity index (χ4n) is 1.52. The Morgan fingerprint density at radius 1 is 1.45 bits per heavy atom. The lowest BCUT2D eigenvalue weighted by atomic mass is 10.1. The van der Waals surface area contributed by atoms with Crippen molar-refractivity contribution in [3.05, 3.63) is 0 Å². The van der Waals surface area contributed by atoms with Gasteiger partial charge in [0.25, 0.3) is 0 Å². The van der Waals surface area contributed by atoms with Gasteiger partial charge in [-0.3, -0.25) is 4.79 Å². The number of nitrogens with zero attached hydrogens (tertiary/aromatic N) is 1. The summed E-state index contributed by atoms with van der Waals surface area (Å²) in [5.41, 5.74) is -0.550. The molecule has 1 heterocycles. The third-order valence-corrected chi connectivity index (χ3v) is 2.57. The molecule has 114 valence electrons. The zero-order valence-corrected chi connectivity index (χ0v) is 11.8. The predicted octanol–water partition coefficient (Wildman–Crippen LogP) is -0.178. The van der Waals surface area contributed by atoms with Gasteiger partial charge in [0, 0.05) is 0 Å². The van der Waals surface area contributed by atoms with Crippen molar-refractivity contribution in [2.24, 2.45) is 0 Å². The smallest absolute Gasteiger partial charge is 0.410 e. The van der Waals surface area contributed by atoms with Crippen molar-refractivity contribution in [3.8, 4) is 0 Å². The molecular formula is C12H20N2O6. The maximum atomic E-state index is 11.6. The van der Waals surface area contributed by atoms with Crippen LogP contribution in [0.5, 0.6) is 0 Å². The van der Waals surface area contributed by atoms with Crippen molar-refractivity contribution < 1.29 is 29.0 Å². The van der Waals surface area contributed by atoms with E-state index >= 15 is 0 Å². The van der Waals surface area contributed by atoms with E-state index in [9.17, 15) is 14.4 Å². The third kappa shape index (κ3) is 5.04. The Hall–Kier alpha value is -1.83. The second-order valence-electron chi connectivity index (χ2n) is 5.52. The molecule has 20 heavy (non-hydrogen) atoms. The Morgan fingerprint density at radius 3 is 2.50 bits per heavy atom. The minimum absolute atomic E-state index is 0.138. The second-order valence-corrected chi connectivity index (χ2v) is 5.52. The van der Waals surface area contributed by atoms with Gasteiger partial charge in [-0.05, 0) is 20.8 Å². The summed E-state index contributed by atoms with van der Waals surface area (Å²) in [4.78, 5) is 34.1. The minimum Gasteiger partial charge on any atom is -0.480 e. The van der Waals surface area contributed by atoms with E-state index in [4.69, 9.17) is 14.6 Å². The molecule has 1 atom stereocenters. The number of ether oxygens (including phenoxy) is 2. The van der Waals surface area contributed by atoms with Gasteiger partial charge in [0.2, 0.25) is 6.41 Å². The Kier molecular flexibility index (Phi) is 5.32. The van der Waals surface area contributed by atoms with E-state index in [1.807, 2.05) is 0 Å². The van der Waals surface area contributed by atoms with Crippen LogP contribution in [0.3, 0.4) is 0 Å². The normalized spacial score (nSPS) is 17.1. The number of carboxylic acids is 1. The van der Waals surface area contributed by atoms with Crippen LogP contribution in [0.1, 0.15) is 20.8 Å². The number of carbonyl (C=O) groups is 3. The summed E-state index contributed by atoms with van der Waals surface area (Å²) in [5.74, 6) is -1.17. The molecule has 2 N–H and O–H groups in total. The van der Waals surface area contributed by atoms with E-state index in [-0.39, 0.29) is 12.7 Å². The first-order chi connectivity index (χ1) is 9.23. The van der Waals surface area contributed by atoms with Crippen molar-refractivity contribution >= 4 is 18.5 Å². The summed E-state index contributed by atoms with van der Waals surface area (Å²) in [6.07, 6.45) is -0.341. The zero-order chi connectivity index (χ0) is 15.3. The quantitative estimate of drug-likeness (QED) is 0.657. The average molecular weight is 288 g/mol. The highest BCUT2D eigenvalue weighted by atomic mass is 16.6. The van der Waals surface area contributed by atoms with Gasteiger partial charge in [-0.25, -0.2) is 9.59 Å². The van der Waals surface area contributed by atoms with E-state index in [1.54, 1.807) is 20.8 Å². The molecule has 1 fully saturated rings. The summed E-state index contributed by atoms with van der Waals surface area (Å²) in [6, 6.07) is -1.08. The highest BCUT2D eigenvalue weighted by molar-refractivity contribution is 5.76. The molecule has 0 aromatic rings. The minimum atomic E-state index is -1.17. The Balaban J connectivity index is 2.26. The standard InChI is InChI=1S/C12H20N2O6/c1-12(2,3)20-11(18)14-4-8(5-14)19-6-9(10(16)17)13-7-15/h7-9H,4-6H2,1-3H3,(H,13,15)(H,16,17). The highest BCUT2D eigenvalue weighted by Crippen LogP contribution is 2.17. The first-order valence-corrected chi connectivity index (χ1v) is 6.25. The molecule has 0 radical (unpaired) electrons. The van der Waals surface area contributed by atoms with Gasteiger partial charge >= 0.3 is 12.1 Å². The van der Waals surface area contributed by atoms with Crippen LogP contribution in [-0.2, 0) is 19.1 Å². The number of likely N-dealkylation sites (tertiary alicyclic amines) is 1. The summed E-state index contributed by atoms with van der Waals surface area (Å²) < 4.78 is 10.5. The molecule has 0 saturated carbocycles. The lowest BCUT2D eigenvalue weighted by Crippen LogP contribution is -2.57. The lowest BCUT2D eigenvalue weighted by Gasteiger charge is -2.39. The fourth-order valence-corrected chi connectivity index (χ4v) is 1.52. The van der Waals surface area contributed by atoms with Crippen molar-refractivity contribution in [1.82, 2.24) is 10.2 Å². The Bertz CT molecular complexity index is 373. The fraction of sp³-hybridized carbons (Fsp3) is 0.750. The molecule has 2 amide bonds. The van der Waals surface area contributed by atoms with Crippen molar-refractivity contribution in [2.45, 2.75) is 38.5 Å². The van der Waals surface area contributed by atoms with Crippen LogP contribution >= 0.6 is 0 Å². The summed E-state index contributed by atoms with van der Waals surface area (Å²) >= 11 is 0. The Labute approximate surface area is 117 Å². The average Bonchev–Trinajstić information content (AvgIpc) is 2.22. The number of rotatable bonds is 6. The number of aliphatic carboxylic acids is 1. The first-order valence-electron chi connectivity index (χ1n) is 6.25. The van der Waals surface area contributed by atoms with Crippen LogP contribution in [0.2, 0.25) is 0 Å². The monoisotopic (exact) mass is 288 g/mol. The molecule has 0 aromatic carbocycles. The summed E-state index contributed by atoms with van der Waals surface area (Å²) in [6.45, 7) is 5.90. The summed E-state index contributed by atoms with van der Waals surface area (Å²) in [7, 11) is 0. The van der Waals surface area contributed by atoms with Gasteiger partial charge < -0.3 is 24.8 Å². The SMILES string of the molecule is CC(C)(C)OC(=O)N1CC(OCC(NC=O)C(=O)O)C1. The molecule has 0 aromatic heterocycles. The van der Waals surface area contributed by atoms with E-state index in [0.717, 1.165) is 0 Å². The van der Waals surface area contributed by atoms with Gasteiger partial charge in [-0.1, -0.05) is 0 Å². The number of carboxylic acid groups (broad SMARTS) is 1. The van der Waals surface area contributed by atoms with Gasteiger partial charge in [-0.15, -0.1) is 0 Å². The molecule has 1 aliphatic heterocycles. The zero-order valence-electron chi connectivity index (χ0n) is 11.8. The molecule has 0 aliphatic carbocycles. The molecule has 1 saturated heterocycles. The van der Waals surface area contributed by atoms with Gasteiger partial charge in [0.15, 0.2) is 0 Å². The van der Waals surface area contributed by atoms with Crippen LogP contribution < -0.4 is 5.32 Å². The van der Waals surface area contributed by atoms with E-state index < -0.39 is 23.7 Å². The molecular weight excluding hydrogens is 268 g/mol. The van der Waals surface area contributed by atoms with Gasteiger partial charge in [0.05, 0.1) is 25.8 Å². The number of nitrogens with one attached hydrogen (secondary N) is 1. The summed E-state index contributed by atoms with van der Waals surface area (Å²) in [5, 5.41) is 10.9. The van der Waals surface area contributed by atoms with Crippen LogP contribution in [0, 0.1) is 0 Å². The Morgan fingerprint density at radius 2 is 2.05 bits per heavy atom. The van der Waals surface area contributed by atoms with Crippen molar-refractivity contribution in [2.75, 3.05) is 19.7 Å². The van der Waals surface area contributed by atoms with Gasteiger partial charge in [-0.2, -0.15) is 0 Å². The van der Waals surface area contributed by atoms with E-state index in [2.05, 4.69) is 5.32 Å². The van der Waals surface area contributed by atoms with Gasteiger partial charge in [0.1, 0.15) is 11.6 Å². The number of hydrogen-bond acceptors (Lipinski definition) is 5. The molecule has 8 nitrogen and oxygen atoms in total. The maximum Gasteiger partial charge on any atom is 0.410 e. The molecule has 1 unspecified atom stereocenters. The van der Waals surface area contributed by atoms with Crippen LogP contribution in [0.15, 0.2) is 0 Å². The third-order valence-electron chi connectivity index (χ3n) is 2.57. The lowest BCUT2D eigenvalue weighted by molar-refractivity contribution is -0.144. The number of amides is 2. The first kappa shape index (κ1) is 16.2. The number of hydrogen-bond donors (Lipinski definition) is 2. The predicted molar refractivity (Wildman–Crippen MR) is 68.2 cm³/mol. The van der Waals surface area contributed by atoms with Crippen LogP contribution in [0.4, 0.5) is 4.79 Å². The molecule has 1 aliphatic rings. The highest BCUT2D eigenvalue weighted by Gasteiger charge is 2.35. The van der Waals surface area contributed by atoms with Crippen LogP contribution in [-0.4, -0.2) is 65.9 Å². The molecule has 0 bridgehead atoms. The van der Waals surface area contributed by atoms with Crippen molar-refractivity contribution in [1.29, 1.82) is 0 Å². The maximum absolute atomic E-state index is 11.6. The van der Waals surface area contributed by atoms with E-state index in [1.165, 1.54) is 4.90 Å². The van der Waals surface area contributed by atoms with Crippen LogP contribution in [0.25, 0.3) is 0 Å². The second kappa shape index (κ2) is 6.56. The molecule has 0 spiro atoms. The topological polar surface area (TPSA) is 105 Å². The number of carbonyl (C=O) groups excluding carboxylic acids is 2. The van der Waals surface area contributed by atoms with Crippen molar-refractivity contribution in [3.63, 3.8) is 0 Å². The largest absolute Gasteiger partial charge is 0.480 e. The molecule has 1 rings (SSSR count).